The van der Waals surface area contributed by atoms with E-state index in [0.717, 1.165) is 17.0 Å². The van der Waals surface area contributed by atoms with E-state index in [1.165, 1.54) is 0 Å². The molecule has 0 atom stereocenters. The maximum atomic E-state index is 5.74. The van der Waals surface area contributed by atoms with Gasteiger partial charge in [0, 0.05) is 23.6 Å². The quantitative estimate of drug-likeness (QED) is 0.617. The summed E-state index contributed by atoms with van der Waals surface area (Å²) in [5.74, 6) is 0.768. The van der Waals surface area contributed by atoms with Crippen molar-refractivity contribution < 1.29 is 0 Å². The van der Waals surface area contributed by atoms with Crippen molar-refractivity contribution in [1.82, 2.24) is 19.6 Å². The fraction of sp³-hybridized carbons (Fsp3) is 0. The Morgan fingerprint density at radius 1 is 1.19 bits per heavy atom. The van der Waals surface area contributed by atoms with Crippen LogP contribution in [0, 0.1) is 0 Å². The number of hydrogen-bond acceptors (Lipinski definition) is 4. The SMILES string of the molecule is Nc1cccc(-c2nnc3cnccn23)c1. The molecule has 16 heavy (non-hydrogen) atoms. The number of anilines is 1. The van der Waals surface area contributed by atoms with E-state index in [1.54, 1.807) is 12.4 Å². The first-order valence-electron chi connectivity index (χ1n) is 4.85. The Balaban J connectivity index is 2.26. The van der Waals surface area contributed by atoms with Crippen LogP contribution in [-0.4, -0.2) is 19.6 Å². The van der Waals surface area contributed by atoms with Crippen molar-refractivity contribution in [2.75, 3.05) is 5.73 Å². The molecule has 0 saturated heterocycles. The Bertz CT molecular complexity index is 643. The second-order valence-electron chi connectivity index (χ2n) is 3.45. The second kappa shape index (κ2) is 3.30. The highest BCUT2D eigenvalue weighted by Gasteiger charge is 2.07. The molecule has 5 nitrogen and oxygen atoms in total. The minimum Gasteiger partial charge on any atom is -0.399 e. The van der Waals surface area contributed by atoms with E-state index in [4.69, 9.17) is 5.73 Å². The van der Waals surface area contributed by atoms with Gasteiger partial charge in [-0.1, -0.05) is 12.1 Å². The van der Waals surface area contributed by atoms with E-state index in [0.29, 0.717) is 5.69 Å². The van der Waals surface area contributed by atoms with Gasteiger partial charge in [-0.3, -0.25) is 9.38 Å². The van der Waals surface area contributed by atoms with Gasteiger partial charge in [0.15, 0.2) is 11.5 Å². The molecular formula is C11H9N5. The molecule has 0 saturated carbocycles. The lowest BCUT2D eigenvalue weighted by molar-refractivity contribution is 1.11. The van der Waals surface area contributed by atoms with Crippen LogP contribution >= 0.6 is 0 Å². The Kier molecular flexibility index (Phi) is 1.83. The monoisotopic (exact) mass is 211 g/mol. The van der Waals surface area contributed by atoms with Crippen LogP contribution in [0.15, 0.2) is 42.9 Å². The van der Waals surface area contributed by atoms with Gasteiger partial charge in [0.25, 0.3) is 0 Å². The zero-order valence-corrected chi connectivity index (χ0v) is 8.41. The third-order valence-electron chi connectivity index (χ3n) is 2.36. The third kappa shape index (κ3) is 1.30. The molecule has 5 heteroatoms. The molecule has 0 amide bonds. The summed E-state index contributed by atoms with van der Waals surface area (Å²) in [5.41, 5.74) is 8.12. The number of nitrogen functional groups attached to an aromatic ring is 1. The van der Waals surface area contributed by atoms with Crippen molar-refractivity contribution in [2.24, 2.45) is 0 Å². The van der Waals surface area contributed by atoms with E-state index >= 15 is 0 Å². The summed E-state index contributed by atoms with van der Waals surface area (Å²) >= 11 is 0. The van der Waals surface area contributed by atoms with Gasteiger partial charge < -0.3 is 5.73 Å². The van der Waals surface area contributed by atoms with E-state index < -0.39 is 0 Å². The molecule has 3 aromatic rings. The van der Waals surface area contributed by atoms with Crippen molar-refractivity contribution in [3.8, 4) is 11.4 Å². The van der Waals surface area contributed by atoms with Gasteiger partial charge in [-0.25, -0.2) is 0 Å². The molecule has 0 unspecified atom stereocenters. The highest BCUT2D eigenvalue weighted by atomic mass is 15.2. The predicted molar refractivity (Wildman–Crippen MR) is 60.6 cm³/mol. The summed E-state index contributed by atoms with van der Waals surface area (Å²) in [6.45, 7) is 0. The maximum absolute atomic E-state index is 5.74. The maximum Gasteiger partial charge on any atom is 0.179 e. The fourth-order valence-electron chi connectivity index (χ4n) is 1.63. The van der Waals surface area contributed by atoms with Crippen LogP contribution in [0.25, 0.3) is 17.0 Å². The minimum absolute atomic E-state index is 0.711. The standard InChI is InChI=1S/C11H9N5/c12-9-3-1-2-8(6-9)11-15-14-10-7-13-4-5-16(10)11/h1-7H,12H2. The first-order chi connectivity index (χ1) is 7.84. The average molecular weight is 211 g/mol. The predicted octanol–water partition coefficient (Wildman–Crippen LogP) is 1.37. The Labute approximate surface area is 91.6 Å². The van der Waals surface area contributed by atoms with Crippen molar-refractivity contribution in [3.63, 3.8) is 0 Å². The molecule has 1 aromatic carbocycles. The number of benzene rings is 1. The van der Waals surface area contributed by atoms with Crippen LogP contribution < -0.4 is 5.73 Å². The van der Waals surface area contributed by atoms with E-state index in [1.807, 2.05) is 34.9 Å². The van der Waals surface area contributed by atoms with Crippen LogP contribution in [0.5, 0.6) is 0 Å². The second-order valence-corrected chi connectivity index (χ2v) is 3.45. The van der Waals surface area contributed by atoms with Crippen molar-refractivity contribution >= 4 is 11.3 Å². The molecule has 3 rings (SSSR count). The van der Waals surface area contributed by atoms with Gasteiger partial charge in [-0.15, -0.1) is 10.2 Å². The lowest BCUT2D eigenvalue weighted by Gasteiger charge is -2.00. The molecule has 2 N–H and O–H groups in total. The number of rotatable bonds is 1. The number of aromatic nitrogens is 4. The van der Waals surface area contributed by atoms with Crippen LogP contribution in [0.1, 0.15) is 0 Å². The zero-order valence-electron chi connectivity index (χ0n) is 8.41. The summed E-state index contributed by atoms with van der Waals surface area (Å²) in [5, 5.41) is 8.16. The van der Waals surface area contributed by atoms with Gasteiger partial charge in [-0.05, 0) is 12.1 Å². The first-order valence-corrected chi connectivity index (χ1v) is 4.85. The lowest BCUT2D eigenvalue weighted by Crippen LogP contribution is -1.91. The molecule has 2 heterocycles. The Morgan fingerprint density at radius 3 is 3.00 bits per heavy atom. The fourth-order valence-corrected chi connectivity index (χ4v) is 1.63. The smallest absolute Gasteiger partial charge is 0.179 e. The van der Waals surface area contributed by atoms with Crippen molar-refractivity contribution in [2.45, 2.75) is 0 Å². The van der Waals surface area contributed by atoms with Gasteiger partial charge >= 0.3 is 0 Å². The Morgan fingerprint density at radius 2 is 2.12 bits per heavy atom. The lowest BCUT2D eigenvalue weighted by atomic mass is 10.2. The van der Waals surface area contributed by atoms with Gasteiger partial charge in [-0.2, -0.15) is 0 Å². The summed E-state index contributed by atoms with van der Waals surface area (Å²) in [7, 11) is 0. The Hall–Kier alpha value is -2.43. The van der Waals surface area contributed by atoms with Crippen LogP contribution in [-0.2, 0) is 0 Å². The molecule has 0 aliphatic rings. The van der Waals surface area contributed by atoms with E-state index in [9.17, 15) is 0 Å². The molecule has 0 aliphatic heterocycles. The summed E-state index contributed by atoms with van der Waals surface area (Å²) in [4.78, 5) is 3.99. The van der Waals surface area contributed by atoms with Crippen LogP contribution in [0.2, 0.25) is 0 Å². The molecule has 0 aliphatic carbocycles. The molecule has 0 fully saturated rings. The van der Waals surface area contributed by atoms with Gasteiger partial charge in [0.2, 0.25) is 0 Å². The van der Waals surface area contributed by atoms with E-state index in [2.05, 4.69) is 15.2 Å². The number of hydrogen-bond donors (Lipinski definition) is 1. The minimum atomic E-state index is 0.711. The number of nitrogens with two attached hydrogens (primary N) is 1. The summed E-state index contributed by atoms with van der Waals surface area (Å²) in [6.07, 6.45) is 5.20. The van der Waals surface area contributed by atoms with Gasteiger partial charge in [0.1, 0.15) is 0 Å². The van der Waals surface area contributed by atoms with Crippen molar-refractivity contribution in [1.29, 1.82) is 0 Å². The van der Waals surface area contributed by atoms with Crippen molar-refractivity contribution in [3.05, 3.63) is 42.9 Å². The molecule has 0 bridgehead atoms. The summed E-state index contributed by atoms with van der Waals surface area (Å²) < 4.78 is 1.88. The van der Waals surface area contributed by atoms with E-state index in [-0.39, 0.29) is 0 Å². The molecule has 78 valence electrons. The molecule has 0 spiro atoms. The normalized spacial score (nSPS) is 10.8. The van der Waals surface area contributed by atoms with Crippen LogP contribution in [0.4, 0.5) is 5.69 Å². The summed E-state index contributed by atoms with van der Waals surface area (Å²) in [6, 6.07) is 7.56. The molecule has 2 aromatic heterocycles. The molecular weight excluding hydrogens is 202 g/mol. The average Bonchev–Trinajstić information content (AvgIpc) is 2.72. The largest absolute Gasteiger partial charge is 0.399 e. The van der Waals surface area contributed by atoms with Crippen LogP contribution in [0.3, 0.4) is 0 Å². The number of nitrogens with zero attached hydrogens (tertiary/aromatic N) is 4. The molecule has 0 radical (unpaired) electrons. The number of fused-ring (bicyclic) bond motifs is 1. The highest BCUT2D eigenvalue weighted by molar-refractivity contribution is 5.63. The van der Waals surface area contributed by atoms with Gasteiger partial charge in [0.05, 0.1) is 6.20 Å². The zero-order chi connectivity index (χ0) is 11.0. The first kappa shape index (κ1) is 8.84. The highest BCUT2D eigenvalue weighted by Crippen LogP contribution is 2.19. The third-order valence-corrected chi connectivity index (χ3v) is 2.36. The topological polar surface area (TPSA) is 69.1 Å².